The second-order valence-electron chi connectivity index (χ2n) is 9.53. The molecular weight excluding hydrogens is 500 g/mol. The van der Waals surface area contributed by atoms with Crippen molar-refractivity contribution in [1.29, 1.82) is 0 Å². The number of morpholine rings is 1. The average Bonchev–Trinajstić information content (AvgIpc) is 3.51. The van der Waals surface area contributed by atoms with Crippen molar-refractivity contribution in [2.75, 3.05) is 39.4 Å². The molecule has 2 aliphatic heterocycles. The van der Waals surface area contributed by atoms with Gasteiger partial charge in [0.1, 0.15) is 18.1 Å². The molecule has 0 radical (unpaired) electrons. The number of hydrogen-bond donors (Lipinski definition) is 1. The third-order valence-electron chi connectivity index (χ3n) is 7.22. The topological polar surface area (TPSA) is 70.7 Å². The maximum absolute atomic E-state index is 13.6. The minimum atomic E-state index is -0.245. The van der Waals surface area contributed by atoms with Gasteiger partial charge >= 0.3 is 0 Å². The van der Waals surface area contributed by atoms with E-state index in [1.807, 2.05) is 83.8 Å². The van der Waals surface area contributed by atoms with Gasteiger partial charge in [-0.05, 0) is 23.8 Å². The number of benzene rings is 3. The first kappa shape index (κ1) is 24.7. The summed E-state index contributed by atoms with van der Waals surface area (Å²) < 4.78 is 11.5. The Balaban J connectivity index is 1.29. The van der Waals surface area contributed by atoms with E-state index in [1.165, 1.54) is 0 Å². The molecule has 4 aromatic rings. The highest BCUT2D eigenvalue weighted by Crippen LogP contribution is 2.43. The lowest BCUT2D eigenvalue weighted by Gasteiger charge is -2.31. The fraction of sp³-hybridized carbons (Fsp3) is 0.267. The zero-order valence-electron chi connectivity index (χ0n) is 21.0. The van der Waals surface area contributed by atoms with Gasteiger partial charge in [0.2, 0.25) is 0 Å². The van der Waals surface area contributed by atoms with Crippen LogP contribution in [-0.2, 0) is 11.3 Å². The number of nitrogens with zero attached hydrogens (tertiary/aromatic N) is 3. The normalized spacial score (nSPS) is 17.6. The smallest absolute Gasteiger partial charge is 0.273 e. The summed E-state index contributed by atoms with van der Waals surface area (Å²) in [5.41, 5.74) is 5.24. The maximum Gasteiger partial charge on any atom is 0.273 e. The van der Waals surface area contributed by atoms with Gasteiger partial charge < -0.3 is 14.4 Å². The van der Waals surface area contributed by atoms with Gasteiger partial charge in [0.05, 0.1) is 24.9 Å². The van der Waals surface area contributed by atoms with Crippen LogP contribution in [0.15, 0.2) is 78.9 Å². The molecule has 8 heteroatoms. The number of ether oxygens (including phenoxy) is 2. The zero-order valence-corrected chi connectivity index (χ0v) is 21.7. The second kappa shape index (κ2) is 11.0. The van der Waals surface area contributed by atoms with Gasteiger partial charge in [-0.1, -0.05) is 72.3 Å². The van der Waals surface area contributed by atoms with Crippen molar-refractivity contribution < 1.29 is 14.3 Å². The number of nitrogens with one attached hydrogen (secondary N) is 1. The number of amides is 1. The lowest BCUT2D eigenvalue weighted by molar-refractivity contribution is 0.0316. The Morgan fingerprint density at radius 1 is 0.947 bits per heavy atom. The third kappa shape index (κ3) is 4.92. The van der Waals surface area contributed by atoms with Crippen LogP contribution in [0.25, 0.3) is 11.3 Å². The van der Waals surface area contributed by atoms with Gasteiger partial charge in [-0.2, -0.15) is 5.10 Å². The van der Waals surface area contributed by atoms with E-state index in [2.05, 4.69) is 15.1 Å². The number of carbonyl (C=O) groups is 1. The molecular formula is C30H29ClN4O3. The Kier molecular flexibility index (Phi) is 7.14. The molecule has 3 heterocycles. The molecule has 1 unspecified atom stereocenters. The van der Waals surface area contributed by atoms with E-state index in [-0.39, 0.29) is 11.9 Å². The second-order valence-corrected chi connectivity index (χ2v) is 9.94. The maximum atomic E-state index is 13.6. The van der Waals surface area contributed by atoms with Gasteiger partial charge in [-0.25, -0.2) is 0 Å². The van der Waals surface area contributed by atoms with Gasteiger partial charge in [-0.15, -0.1) is 0 Å². The molecule has 6 rings (SSSR count). The van der Waals surface area contributed by atoms with Crippen LogP contribution in [0, 0.1) is 0 Å². The molecule has 3 aromatic carbocycles. The van der Waals surface area contributed by atoms with Crippen LogP contribution < -0.4 is 4.74 Å². The highest BCUT2D eigenvalue weighted by Gasteiger charge is 2.42. The highest BCUT2D eigenvalue weighted by molar-refractivity contribution is 6.31. The molecule has 1 amide bonds. The van der Waals surface area contributed by atoms with Crippen molar-refractivity contribution in [2.45, 2.75) is 12.6 Å². The van der Waals surface area contributed by atoms with Crippen LogP contribution in [-0.4, -0.2) is 65.3 Å². The van der Waals surface area contributed by atoms with Gasteiger partial charge in [0.25, 0.3) is 5.91 Å². The standard InChI is InChI=1S/C30H29ClN4O3/c31-25-9-5-4-8-23(25)20-38-24-12-10-22(11-13-24)29-26-27(21-6-2-1-3-7-21)32-33-28(26)30(36)35(29)15-14-34-16-18-37-19-17-34/h1-13,29H,14-20H2,(H,32,33). The number of fused-ring (bicyclic) bond motifs is 1. The fourth-order valence-electron chi connectivity index (χ4n) is 5.19. The molecule has 0 aliphatic carbocycles. The molecule has 2 aliphatic rings. The van der Waals surface area contributed by atoms with Crippen LogP contribution in [0.3, 0.4) is 0 Å². The monoisotopic (exact) mass is 528 g/mol. The Bertz CT molecular complexity index is 1400. The van der Waals surface area contributed by atoms with Gasteiger partial charge in [-0.3, -0.25) is 14.8 Å². The minimum Gasteiger partial charge on any atom is -0.489 e. The molecule has 7 nitrogen and oxygen atoms in total. The predicted molar refractivity (Wildman–Crippen MR) is 146 cm³/mol. The minimum absolute atomic E-state index is 0.0213. The molecule has 1 aromatic heterocycles. The van der Waals surface area contributed by atoms with Crippen LogP contribution in [0.5, 0.6) is 5.75 Å². The summed E-state index contributed by atoms with van der Waals surface area (Å²) in [6.07, 6.45) is 0. The number of hydrogen-bond acceptors (Lipinski definition) is 5. The van der Waals surface area contributed by atoms with E-state index >= 15 is 0 Å². The molecule has 38 heavy (non-hydrogen) atoms. The summed E-state index contributed by atoms with van der Waals surface area (Å²) in [6.45, 7) is 5.02. The van der Waals surface area contributed by atoms with Crippen LogP contribution in [0.4, 0.5) is 0 Å². The molecule has 194 valence electrons. The van der Waals surface area contributed by atoms with Crippen LogP contribution >= 0.6 is 11.6 Å². The molecule has 0 bridgehead atoms. The number of halogens is 1. The number of H-pyrrole nitrogens is 1. The van der Waals surface area contributed by atoms with E-state index in [0.29, 0.717) is 23.9 Å². The van der Waals surface area contributed by atoms with Crippen molar-refractivity contribution in [3.8, 4) is 17.0 Å². The van der Waals surface area contributed by atoms with Gasteiger partial charge in [0, 0.05) is 47.9 Å². The Hall–Kier alpha value is -3.65. The van der Waals surface area contributed by atoms with Crippen molar-refractivity contribution in [3.63, 3.8) is 0 Å². The van der Waals surface area contributed by atoms with Crippen molar-refractivity contribution in [1.82, 2.24) is 20.0 Å². The van der Waals surface area contributed by atoms with Gasteiger partial charge in [0.15, 0.2) is 0 Å². The summed E-state index contributed by atoms with van der Waals surface area (Å²) in [6, 6.07) is 25.4. The van der Waals surface area contributed by atoms with Crippen molar-refractivity contribution in [3.05, 3.63) is 106 Å². The summed E-state index contributed by atoms with van der Waals surface area (Å²) in [5, 5.41) is 8.30. The van der Waals surface area contributed by atoms with E-state index < -0.39 is 0 Å². The Labute approximate surface area is 226 Å². The van der Waals surface area contributed by atoms with E-state index in [1.54, 1.807) is 0 Å². The molecule has 1 fully saturated rings. The average molecular weight is 529 g/mol. The van der Waals surface area contributed by atoms with Crippen LogP contribution in [0.2, 0.25) is 5.02 Å². The predicted octanol–water partition coefficient (Wildman–Crippen LogP) is 5.19. The SMILES string of the molecule is O=C1c2[nH]nc(-c3ccccc3)c2C(c2ccc(OCc3ccccc3Cl)cc2)N1CCN1CCOCC1. The highest BCUT2D eigenvalue weighted by atomic mass is 35.5. The summed E-state index contributed by atoms with van der Waals surface area (Å²) in [5.74, 6) is 0.723. The largest absolute Gasteiger partial charge is 0.489 e. The molecule has 1 saturated heterocycles. The number of carbonyl (C=O) groups excluding carboxylic acids is 1. The first-order chi connectivity index (χ1) is 18.7. The number of aromatic amines is 1. The van der Waals surface area contributed by atoms with Crippen LogP contribution in [0.1, 0.15) is 33.2 Å². The lowest BCUT2D eigenvalue weighted by Crippen LogP contribution is -2.42. The molecule has 0 spiro atoms. The number of aromatic nitrogens is 2. The quantitative estimate of drug-likeness (QED) is 0.341. The van der Waals surface area contributed by atoms with E-state index in [9.17, 15) is 4.79 Å². The first-order valence-corrected chi connectivity index (χ1v) is 13.3. The fourth-order valence-corrected chi connectivity index (χ4v) is 5.38. The number of rotatable bonds is 8. The van der Waals surface area contributed by atoms with E-state index in [0.717, 1.165) is 66.5 Å². The van der Waals surface area contributed by atoms with Crippen molar-refractivity contribution in [2.24, 2.45) is 0 Å². The van der Waals surface area contributed by atoms with E-state index in [4.69, 9.17) is 21.1 Å². The third-order valence-corrected chi connectivity index (χ3v) is 7.59. The zero-order chi connectivity index (χ0) is 25.9. The Morgan fingerprint density at radius 3 is 2.45 bits per heavy atom. The molecule has 1 N–H and O–H groups in total. The molecule has 1 atom stereocenters. The summed E-state index contributed by atoms with van der Waals surface area (Å²) in [4.78, 5) is 17.9. The van der Waals surface area contributed by atoms with Crippen molar-refractivity contribution >= 4 is 17.5 Å². The lowest BCUT2D eigenvalue weighted by atomic mass is 9.96. The first-order valence-electron chi connectivity index (χ1n) is 12.9. The molecule has 0 saturated carbocycles. The Morgan fingerprint density at radius 2 is 1.68 bits per heavy atom. The summed E-state index contributed by atoms with van der Waals surface area (Å²) in [7, 11) is 0. The summed E-state index contributed by atoms with van der Waals surface area (Å²) >= 11 is 6.28.